The highest BCUT2D eigenvalue weighted by Gasteiger charge is 2.27. The standard InChI is InChI=1S/C17H16N4O3S2/c1-17(2,3)15-19-20-16(25-15)21-26(23,24)12-8-7-11-13-9(12)5-4-6-10(13)14(22)18-11/h4-8H,1-3H3,(H,18,22)(H,20,21). The van der Waals surface area contributed by atoms with Crippen LogP contribution in [0.25, 0.3) is 10.8 Å². The van der Waals surface area contributed by atoms with Gasteiger partial charge in [-0.25, -0.2) is 8.42 Å². The zero-order chi connectivity index (χ0) is 18.7. The van der Waals surface area contributed by atoms with E-state index in [4.69, 9.17) is 0 Å². The second-order valence-corrected chi connectivity index (χ2v) is 9.69. The van der Waals surface area contributed by atoms with Crippen LogP contribution in [0.4, 0.5) is 10.8 Å². The lowest BCUT2D eigenvalue weighted by molar-refractivity contribution is 0.103. The third-order valence-electron chi connectivity index (χ3n) is 4.07. The Hall–Kier alpha value is -2.52. The van der Waals surface area contributed by atoms with Gasteiger partial charge in [0.15, 0.2) is 0 Å². The molecule has 3 aromatic rings. The number of hydrogen-bond donors (Lipinski definition) is 2. The number of amides is 1. The molecule has 1 aliphatic rings. The number of carbonyl (C=O) groups is 1. The number of hydrogen-bond acceptors (Lipinski definition) is 6. The number of nitrogens with zero attached hydrogens (tertiary/aromatic N) is 2. The summed E-state index contributed by atoms with van der Waals surface area (Å²) >= 11 is 1.21. The number of anilines is 2. The van der Waals surface area contributed by atoms with Gasteiger partial charge in [0.2, 0.25) is 5.13 Å². The molecule has 1 amide bonds. The summed E-state index contributed by atoms with van der Waals surface area (Å²) in [6.45, 7) is 5.96. The summed E-state index contributed by atoms with van der Waals surface area (Å²) in [5.41, 5.74) is 0.876. The van der Waals surface area contributed by atoms with Crippen LogP contribution in [-0.2, 0) is 15.4 Å². The van der Waals surface area contributed by atoms with Crippen LogP contribution in [0.3, 0.4) is 0 Å². The first-order valence-electron chi connectivity index (χ1n) is 7.91. The van der Waals surface area contributed by atoms with Crippen molar-refractivity contribution >= 4 is 48.9 Å². The monoisotopic (exact) mass is 388 g/mol. The van der Waals surface area contributed by atoms with Gasteiger partial charge < -0.3 is 5.32 Å². The SMILES string of the molecule is CC(C)(C)c1nnc(NS(=O)(=O)c2ccc3c4c(cccc24)C(=O)N3)s1. The lowest BCUT2D eigenvalue weighted by Crippen LogP contribution is -2.13. The molecule has 2 heterocycles. The minimum Gasteiger partial charge on any atom is -0.321 e. The first-order chi connectivity index (χ1) is 12.2. The molecule has 0 bridgehead atoms. The third-order valence-corrected chi connectivity index (χ3v) is 6.86. The van der Waals surface area contributed by atoms with E-state index in [9.17, 15) is 13.2 Å². The van der Waals surface area contributed by atoms with E-state index >= 15 is 0 Å². The maximum absolute atomic E-state index is 12.9. The van der Waals surface area contributed by atoms with Crippen molar-refractivity contribution in [2.24, 2.45) is 0 Å². The number of aromatic nitrogens is 2. The first-order valence-corrected chi connectivity index (χ1v) is 10.2. The molecule has 0 atom stereocenters. The molecule has 4 rings (SSSR count). The van der Waals surface area contributed by atoms with Gasteiger partial charge in [-0.05, 0) is 18.2 Å². The fourth-order valence-corrected chi connectivity index (χ4v) is 5.07. The van der Waals surface area contributed by atoms with Crippen molar-refractivity contribution in [2.45, 2.75) is 31.1 Å². The van der Waals surface area contributed by atoms with Gasteiger partial charge in [-0.3, -0.25) is 9.52 Å². The number of carbonyl (C=O) groups excluding carboxylic acids is 1. The number of sulfonamides is 1. The Morgan fingerprint density at radius 2 is 1.88 bits per heavy atom. The van der Waals surface area contributed by atoms with E-state index in [1.807, 2.05) is 20.8 Å². The summed E-state index contributed by atoms with van der Waals surface area (Å²) in [5.74, 6) is -0.230. The van der Waals surface area contributed by atoms with Crippen molar-refractivity contribution in [1.82, 2.24) is 10.2 Å². The molecule has 2 N–H and O–H groups in total. The average Bonchev–Trinajstić information content (AvgIpc) is 3.13. The molecule has 26 heavy (non-hydrogen) atoms. The van der Waals surface area contributed by atoms with Crippen LogP contribution in [0.1, 0.15) is 36.1 Å². The molecule has 0 unspecified atom stereocenters. The molecule has 0 saturated carbocycles. The highest BCUT2D eigenvalue weighted by atomic mass is 32.2. The number of rotatable bonds is 3. The van der Waals surface area contributed by atoms with Crippen molar-refractivity contribution in [3.8, 4) is 0 Å². The van der Waals surface area contributed by atoms with Crippen molar-refractivity contribution < 1.29 is 13.2 Å². The summed E-state index contributed by atoms with van der Waals surface area (Å²) in [7, 11) is -3.88. The molecular formula is C17H16N4O3S2. The van der Waals surface area contributed by atoms with E-state index < -0.39 is 10.0 Å². The molecule has 2 aromatic carbocycles. The molecule has 0 aliphatic carbocycles. The Bertz CT molecular complexity index is 1160. The summed E-state index contributed by atoms with van der Waals surface area (Å²) in [6, 6.07) is 8.14. The predicted molar refractivity (Wildman–Crippen MR) is 101 cm³/mol. The van der Waals surface area contributed by atoms with Gasteiger partial charge in [0.05, 0.1) is 4.90 Å². The Kier molecular flexibility index (Phi) is 3.57. The maximum Gasteiger partial charge on any atom is 0.264 e. The van der Waals surface area contributed by atoms with Crippen LogP contribution in [-0.4, -0.2) is 24.5 Å². The van der Waals surface area contributed by atoms with Crippen molar-refractivity contribution in [3.05, 3.63) is 40.9 Å². The fourth-order valence-electron chi connectivity index (χ4n) is 2.83. The quantitative estimate of drug-likeness (QED) is 0.716. The molecule has 134 valence electrons. The number of benzene rings is 2. The topological polar surface area (TPSA) is 101 Å². The Labute approximate surface area is 154 Å². The summed E-state index contributed by atoms with van der Waals surface area (Å²) in [6.07, 6.45) is 0. The van der Waals surface area contributed by atoms with Crippen molar-refractivity contribution in [3.63, 3.8) is 0 Å². The van der Waals surface area contributed by atoms with Gasteiger partial charge in [-0.15, -0.1) is 10.2 Å². The molecule has 1 aliphatic heterocycles. The second kappa shape index (κ2) is 5.49. The van der Waals surface area contributed by atoms with Crippen LogP contribution in [0.2, 0.25) is 0 Å². The van der Waals surface area contributed by atoms with E-state index in [2.05, 4.69) is 20.2 Å². The maximum atomic E-state index is 12.9. The molecule has 0 radical (unpaired) electrons. The van der Waals surface area contributed by atoms with Crippen LogP contribution < -0.4 is 10.0 Å². The van der Waals surface area contributed by atoms with Crippen LogP contribution in [0, 0.1) is 0 Å². The first kappa shape index (κ1) is 16.9. The Balaban J connectivity index is 1.79. The zero-order valence-corrected chi connectivity index (χ0v) is 16.0. The second-order valence-electron chi connectivity index (χ2n) is 7.06. The smallest absolute Gasteiger partial charge is 0.264 e. The van der Waals surface area contributed by atoms with Gasteiger partial charge in [-0.1, -0.05) is 44.2 Å². The summed E-state index contributed by atoms with van der Waals surface area (Å²) < 4.78 is 28.3. The zero-order valence-electron chi connectivity index (χ0n) is 14.3. The minimum absolute atomic E-state index is 0.0992. The lowest BCUT2D eigenvalue weighted by Gasteiger charge is -2.12. The van der Waals surface area contributed by atoms with Crippen molar-refractivity contribution in [1.29, 1.82) is 0 Å². The summed E-state index contributed by atoms with van der Waals surface area (Å²) in [5, 5.41) is 12.8. The van der Waals surface area contributed by atoms with Crippen LogP contribution in [0.15, 0.2) is 35.2 Å². The molecule has 9 heteroatoms. The molecule has 7 nitrogen and oxygen atoms in total. The van der Waals surface area contributed by atoms with Crippen LogP contribution in [0.5, 0.6) is 0 Å². The highest BCUT2D eigenvalue weighted by Crippen LogP contribution is 2.37. The van der Waals surface area contributed by atoms with Crippen molar-refractivity contribution in [2.75, 3.05) is 10.0 Å². The van der Waals surface area contributed by atoms with Gasteiger partial charge in [-0.2, -0.15) is 0 Å². The lowest BCUT2D eigenvalue weighted by atomic mass is 9.98. The molecule has 1 aromatic heterocycles. The molecule has 0 spiro atoms. The van der Waals surface area contributed by atoms with E-state index in [-0.39, 0.29) is 21.3 Å². The third kappa shape index (κ3) is 2.63. The Morgan fingerprint density at radius 1 is 1.12 bits per heavy atom. The average molecular weight is 388 g/mol. The van der Waals surface area contributed by atoms with Crippen LogP contribution >= 0.6 is 11.3 Å². The Morgan fingerprint density at radius 3 is 2.58 bits per heavy atom. The van der Waals surface area contributed by atoms with E-state index in [1.54, 1.807) is 24.3 Å². The number of nitrogens with one attached hydrogen (secondary N) is 2. The highest BCUT2D eigenvalue weighted by molar-refractivity contribution is 7.93. The largest absolute Gasteiger partial charge is 0.321 e. The van der Waals surface area contributed by atoms with E-state index in [0.717, 1.165) is 5.01 Å². The van der Waals surface area contributed by atoms with Gasteiger partial charge >= 0.3 is 0 Å². The minimum atomic E-state index is -3.88. The molecule has 0 fully saturated rings. The van der Waals surface area contributed by atoms with E-state index in [1.165, 1.54) is 17.4 Å². The molecular weight excluding hydrogens is 372 g/mol. The van der Waals surface area contributed by atoms with Gasteiger partial charge in [0.25, 0.3) is 15.9 Å². The van der Waals surface area contributed by atoms with E-state index in [0.29, 0.717) is 22.0 Å². The predicted octanol–water partition coefficient (Wildman–Crippen LogP) is 3.36. The van der Waals surface area contributed by atoms with Gasteiger partial charge in [0, 0.05) is 27.4 Å². The van der Waals surface area contributed by atoms with Gasteiger partial charge in [0.1, 0.15) is 5.01 Å². The summed E-state index contributed by atoms with van der Waals surface area (Å²) in [4.78, 5) is 12.1. The fraction of sp³-hybridized carbons (Fsp3) is 0.235. The molecule has 0 saturated heterocycles. The normalized spacial score (nSPS) is 13.9.